The molecular formula is C21H20FN3OS2. The van der Waals surface area contributed by atoms with E-state index in [4.69, 9.17) is 4.42 Å². The maximum Gasteiger partial charge on any atom is 0.257 e. The SMILES string of the molecule is CCc1sc(-c2nnc(CNC(c3ccc(F)cc3)c3cccs3)o2)cc1C. The highest BCUT2D eigenvalue weighted by molar-refractivity contribution is 7.15. The topological polar surface area (TPSA) is 51.0 Å². The highest BCUT2D eigenvalue weighted by atomic mass is 32.1. The van der Waals surface area contributed by atoms with Gasteiger partial charge >= 0.3 is 0 Å². The van der Waals surface area contributed by atoms with E-state index in [9.17, 15) is 4.39 Å². The lowest BCUT2D eigenvalue weighted by Gasteiger charge is -2.17. The summed E-state index contributed by atoms with van der Waals surface area (Å²) in [6.07, 6.45) is 0.999. The zero-order valence-electron chi connectivity index (χ0n) is 15.6. The maximum atomic E-state index is 13.3. The fourth-order valence-electron chi connectivity index (χ4n) is 3.08. The van der Waals surface area contributed by atoms with Crippen LogP contribution in [0.3, 0.4) is 0 Å². The van der Waals surface area contributed by atoms with E-state index in [1.54, 1.807) is 34.8 Å². The molecule has 144 valence electrons. The maximum absolute atomic E-state index is 13.3. The van der Waals surface area contributed by atoms with Crippen molar-refractivity contribution in [3.8, 4) is 10.8 Å². The van der Waals surface area contributed by atoms with Gasteiger partial charge in [-0.15, -0.1) is 32.9 Å². The van der Waals surface area contributed by atoms with Crippen LogP contribution in [0.5, 0.6) is 0 Å². The zero-order valence-corrected chi connectivity index (χ0v) is 17.2. The van der Waals surface area contributed by atoms with E-state index in [1.807, 2.05) is 11.4 Å². The van der Waals surface area contributed by atoms with Crippen molar-refractivity contribution in [2.75, 3.05) is 0 Å². The number of hydrogen-bond donors (Lipinski definition) is 1. The van der Waals surface area contributed by atoms with E-state index in [-0.39, 0.29) is 11.9 Å². The quantitative estimate of drug-likeness (QED) is 0.419. The minimum absolute atomic E-state index is 0.0633. The van der Waals surface area contributed by atoms with Crippen LogP contribution in [-0.4, -0.2) is 10.2 Å². The Bertz CT molecular complexity index is 1040. The molecule has 0 saturated carbocycles. The number of halogens is 1. The van der Waals surface area contributed by atoms with Crippen molar-refractivity contribution >= 4 is 22.7 Å². The number of aromatic nitrogens is 2. The monoisotopic (exact) mass is 413 g/mol. The second-order valence-corrected chi connectivity index (χ2v) is 8.57. The van der Waals surface area contributed by atoms with Crippen molar-refractivity contribution in [3.05, 3.63) is 80.4 Å². The van der Waals surface area contributed by atoms with Crippen LogP contribution in [-0.2, 0) is 13.0 Å². The molecule has 0 aliphatic heterocycles. The lowest BCUT2D eigenvalue weighted by molar-refractivity contribution is 0.464. The summed E-state index contributed by atoms with van der Waals surface area (Å²) < 4.78 is 19.2. The van der Waals surface area contributed by atoms with Gasteiger partial charge < -0.3 is 4.42 Å². The third-order valence-electron chi connectivity index (χ3n) is 4.51. The van der Waals surface area contributed by atoms with Gasteiger partial charge in [-0.05, 0) is 54.1 Å². The summed E-state index contributed by atoms with van der Waals surface area (Å²) >= 11 is 3.35. The number of aryl methyl sites for hydroxylation is 2. The molecule has 0 radical (unpaired) electrons. The predicted octanol–water partition coefficient (Wildman–Crippen LogP) is 5.75. The Morgan fingerprint density at radius 1 is 1.18 bits per heavy atom. The predicted molar refractivity (Wildman–Crippen MR) is 111 cm³/mol. The first kappa shape index (κ1) is 19.0. The Morgan fingerprint density at radius 2 is 2.00 bits per heavy atom. The average Bonchev–Trinajstić information content (AvgIpc) is 3.44. The summed E-state index contributed by atoms with van der Waals surface area (Å²) in [5.41, 5.74) is 2.25. The zero-order chi connectivity index (χ0) is 19.5. The number of nitrogens with zero attached hydrogens (tertiary/aromatic N) is 2. The third-order valence-corrected chi connectivity index (χ3v) is 6.81. The van der Waals surface area contributed by atoms with Crippen LogP contribution in [0, 0.1) is 12.7 Å². The molecule has 4 aromatic rings. The highest BCUT2D eigenvalue weighted by Gasteiger charge is 2.18. The summed E-state index contributed by atoms with van der Waals surface area (Å²) in [5, 5.41) is 13.9. The molecule has 4 rings (SSSR count). The molecule has 0 aliphatic carbocycles. The Morgan fingerprint density at radius 3 is 2.68 bits per heavy atom. The van der Waals surface area contributed by atoms with E-state index >= 15 is 0 Å². The van der Waals surface area contributed by atoms with Gasteiger partial charge in [0.25, 0.3) is 5.89 Å². The van der Waals surface area contributed by atoms with Crippen LogP contribution in [0.1, 0.15) is 39.7 Å². The molecule has 0 aliphatic rings. The Hall–Kier alpha value is -2.35. The molecule has 28 heavy (non-hydrogen) atoms. The molecule has 0 bridgehead atoms. The first-order valence-electron chi connectivity index (χ1n) is 9.08. The highest BCUT2D eigenvalue weighted by Crippen LogP contribution is 2.31. The van der Waals surface area contributed by atoms with Gasteiger partial charge in [0.15, 0.2) is 0 Å². The lowest BCUT2D eigenvalue weighted by atomic mass is 10.1. The van der Waals surface area contributed by atoms with E-state index in [2.05, 4.69) is 41.5 Å². The molecule has 1 unspecified atom stereocenters. The molecule has 1 N–H and O–H groups in total. The van der Waals surface area contributed by atoms with Crippen molar-refractivity contribution in [1.29, 1.82) is 0 Å². The molecule has 0 saturated heterocycles. The molecular weight excluding hydrogens is 393 g/mol. The summed E-state index contributed by atoms with van der Waals surface area (Å²) in [4.78, 5) is 3.48. The molecule has 3 aromatic heterocycles. The summed E-state index contributed by atoms with van der Waals surface area (Å²) in [7, 11) is 0. The van der Waals surface area contributed by atoms with Gasteiger partial charge in [-0.2, -0.15) is 0 Å². The molecule has 7 heteroatoms. The number of hydrogen-bond acceptors (Lipinski definition) is 6. The Balaban J connectivity index is 1.51. The van der Waals surface area contributed by atoms with E-state index in [0.717, 1.165) is 21.7 Å². The molecule has 1 atom stereocenters. The largest absolute Gasteiger partial charge is 0.419 e. The van der Waals surface area contributed by atoms with Crippen LogP contribution >= 0.6 is 22.7 Å². The first-order chi connectivity index (χ1) is 13.6. The van der Waals surface area contributed by atoms with Gasteiger partial charge in [0.2, 0.25) is 5.89 Å². The van der Waals surface area contributed by atoms with Gasteiger partial charge in [-0.3, -0.25) is 5.32 Å². The summed E-state index contributed by atoms with van der Waals surface area (Å²) in [5.74, 6) is 0.842. The Kier molecular flexibility index (Phi) is 5.66. The van der Waals surface area contributed by atoms with Gasteiger partial charge in [-0.1, -0.05) is 25.1 Å². The number of benzene rings is 1. The summed E-state index contributed by atoms with van der Waals surface area (Å²) in [6, 6.07) is 12.7. The van der Waals surface area contributed by atoms with E-state index in [1.165, 1.54) is 22.6 Å². The second kappa shape index (κ2) is 8.34. The van der Waals surface area contributed by atoms with Crippen LogP contribution in [0.4, 0.5) is 4.39 Å². The molecule has 0 amide bonds. The minimum atomic E-state index is -0.243. The molecule has 0 fully saturated rings. The number of rotatable bonds is 7. The van der Waals surface area contributed by atoms with Crippen molar-refractivity contribution in [1.82, 2.24) is 15.5 Å². The minimum Gasteiger partial charge on any atom is -0.419 e. The molecule has 3 heterocycles. The molecule has 1 aromatic carbocycles. The van der Waals surface area contributed by atoms with E-state index in [0.29, 0.717) is 18.3 Å². The number of nitrogens with one attached hydrogen (secondary N) is 1. The van der Waals surface area contributed by atoms with Crippen molar-refractivity contribution in [2.24, 2.45) is 0 Å². The van der Waals surface area contributed by atoms with Crippen LogP contribution in [0.2, 0.25) is 0 Å². The first-order valence-corrected chi connectivity index (χ1v) is 10.8. The lowest BCUT2D eigenvalue weighted by Crippen LogP contribution is -2.21. The van der Waals surface area contributed by atoms with E-state index < -0.39 is 0 Å². The van der Waals surface area contributed by atoms with Gasteiger partial charge in [0, 0.05) is 9.75 Å². The second-order valence-electron chi connectivity index (χ2n) is 6.45. The standard InChI is InChI=1S/C21H20FN3OS2/c1-3-16-13(2)11-18(28-16)21-25-24-19(26-21)12-23-20(17-5-4-10-27-17)14-6-8-15(22)9-7-14/h4-11,20,23H,3,12H2,1-2H3. The van der Waals surface area contributed by atoms with Crippen LogP contribution in [0.15, 0.2) is 52.3 Å². The number of thiophene rings is 2. The van der Waals surface area contributed by atoms with Crippen molar-refractivity contribution in [2.45, 2.75) is 32.9 Å². The smallest absolute Gasteiger partial charge is 0.257 e. The van der Waals surface area contributed by atoms with Gasteiger partial charge in [0.1, 0.15) is 5.82 Å². The average molecular weight is 414 g/mol. The van der Waals surface area contributed by atoms with Crippen LogP contribution in [0.25, 0.3) is 10.8 Å². The fourth-order valence-corrected chi connectivity index (χ4v) is 4.95. The van der Waals surface area contributed by atoms with Crippen molar-refractivity contribution in [3.63, 3.8) is 0 Å². The Labute approximate surface area is 171 Å². The third kappa shape index (κ3) is 4.06. The van der Waals surface area contributed by atoms with Crippen molar-refractivity contribution < 1.29 is 8.81 Å². The van der Waals surface area contributed by atoms with Gasteiger partial charge in [-0.25, -0.2) is 4.39 Å². The normalized spacial score (nSPS) is 12.4. The molecule has 4 nitrogen and oxygen atoms in total. The summed E-state index contributed by atoms with van der Waals surface area (Å²) in [6.45, 7) is 4.68. The molecule has 0 spiro atoms. The fraction of sp³-hybridized carbons (Fsp3) is 0.238. The van der Waals surface area contributed by atoms with Crippen LogP contribution < -0.4 is 5.32 Å². The van der Waals surface area contributed by atoms with Gasteiger partial charge in [0.05, 0.1) is 17.5 Å².